The van der Waals surface area contributed by atoms with Gasteiger partial charge in [0.2, 0.25) is 43.2 Å². The fourth-order valence-electron chi connectivity index (χ4n) is 6.16. The average molecular weight is 1320 g/mol. The first-order chi connectivity index (χ1) is 34.4. The Hall–Kier alpha value is -5.38. The SMILES string of the molecule is BrB(Br)Br.COc1cnc(Oc2c(Cl)cc(-n3nc(C#N)c(=O)[nH]c3=O)cc2Cl)cc1S(=O)(=O)NC1CCC1.N#Cc1nn(-c2cc(Cl)c(Oc3cc(S(=O)(=O)NC4CCC4)c(O)cn3)c(Cl)c2)c(=O)[nH]c1=O. The maximum atomic E-state index is 12.8. The molecule has 24 nitrogen and oxygen atoms in total. The molecule has 2 aliphatic carbocycles. The predicted octanol–water partition coefficient (Wildman–Crippen LogP) is 6.10. The van der Waals surface area contributed by atoms with Crippen molar-refractivity contribution in [3.8, 4) is 58.3 Å². The van der Waals surface area contributed by atoms with Crippen LogP contribution >= 0.6 is 93.7 Å². The Balaban J connectivity index is 0.000000222. The number of nitrogens with zero attached hydrogens (tertiary/aromatic N) is 8. The van der Waals surface area contributed by atoms with Crippen LogP contribution in [0.2, 0.25) is 20.1 Å². The molecule has 0 aliphatic heterocycles. The second-order valence-electron chi connectivity index (χ2n) is 14.9. The van der Waals surface area contributed by atoms with Gasteiger partial charge in [-0.15, -0.1) is 57.5 Å². The van der Waals surface area contributed by atoms with Gasteiger partial charge in [-0.1, -0.05) is 59.2 Å². The van der Waals surface area contributed by atoms with Crippen molar-refractivity contribution in [1.29, 1.82) is 10.5 Å². The third-order valence-corrected chi connectivity index (χ3v) is 14.2. The quantitative estimate of drug-likeness (QED) is 0.0815. The summed E-state index contributed by atoms with van der Waals surface area (Å²) in [6.45, 7) is 0. The van der Waals surface area contributed by atoms with Crippen LogP contribution in [0.4, 0.5) is 0 Å². The summed E-state index contributed by atoms with van der Waals surface area (Å²) in [7, 11) is -6.63. The van der Waals surface area contributed by atoms with E-state index in [-0.39, 0.29) is 80.6 Å². The second-order valence-corrected chi connectivity index (χ2v) is 26.3. The minimum Gasteiger partial charge on any atom is -0.505 e. The van der Waals surface area contributed by atoms with Crippen LogP contribution in [0, 0.1) is 22.7 Å². The summed E-state index contributed by atoms with van der Waals surface area (Å²) < 4.78 is 74.1. The van der Waals surface area contributed by atoms with E-state index < -0.39 is 64.6 Å². The Morgan fingerprint density at radius 2 is 1.05 bits per heavy atom. The number of H-pyrrole nitrogens is 2. The molecule has 2 fully saturated rings. The highest BCUT2D eigenvalue weighted by molar-refractivity contribution is 9.69. The molecule has 0 bridgehead atoms. The fourth-order valence-corrected chi connectivity index (χ4v) is 10.1. The number of nitrogens with one attached hydrogen (secondary N) is 4. The van der Waals surface area contributed by atoms with Crippen molar-refractivity contribution in [3.05, 3.63) is 122 Å². The van der Waals surface area contributed by atoms with Gasteiger partial charge in [-0.25, -0.2) is 45.8 Å². The number of aromatic nitrogens is 8. The Kier molecular flexibility index (Phi) is 19.0. The van der Waals surface area contributed by atoms with E-state index in [9.17, 15) is 41.1 Å². The molecule has 8 rings (SSSR count). The standard InChI is InChI=1S/C20H16Cl2N6O6S.C19H14Cl2N6O6S.BBr3/c1-33-15-9-24-17(7-16(15)35(31,32)27-10-3-2-4-10)34-18-12(21)5-11(6-13(18)22)28-20(30)25-19(29)14(8-23)26-28;20-11-4-10(27-19(30)24-18(29)13(7-22)25-27)5-12(21)17(11)33-16-6-15(14(28)8-23-16)34(31,32)26-9-2-1-3-9;2-1(3)4/h5-7,9-10,27H,2-4H2,1H3,(H,25,29,30);4-6,8-9,26,28H,1-3H2,(H,24,29,30);. The van der Waals surface area contributed by atoms with Crippen molar-refractivity contribution in [1.82, 2.24) is 48.9 Å². The molecule has 2 aliphatic rings. The zero-order valence-corrected chi connectivity index (χ0v) is 46.0. The molecule has 5 N–H and O–H groups in total. The zero-order valence-electron chi connectivity index (χ0n) is 36.6. The number of hydrogen-bond acceptors (Lipinski definition) is 18. The number of ether oxygens (including phenoxy) is 3. The molecular formula is C39H30BBr3Cl4N12O12S2. The molecule has 0 amide bonds. The lowest BCUT2D eigenvalue weighted by atomic mass is 9.94. The van der Waals surface area contributed by atoms with Gasteiger partial charge in [0.15, 0.2) is 23.0 Å². The smallest absolute Gasteiger partial charge is 0.369 e. The molecule has 0 saturated heterocycles. The van der Waals surface area contributed by atoms with Crippen LogP contribution in [0.1, 0.15) is 49.9 Å². The monoisotopic (exact) mass is 1310 g/mol. The molecule has 4 aromatic heterocycles. The van der Waals surface area contributed by atoms with Gasteiger partial charge >= 0.3 is 14.6 Å². The lowest BCUT2D eigenvalue weighted by Gasteiger charge is -2.26. The molecule has 34 heteroatoms. The van der Waals surface area contributed by atoms with E-state index in [0.717, 1.165) is 47.3 Å². The highest BCUT2D eigenvalue weighted by atomic mass is 79.9. The molecule has 0 radical (unpaired) electrons. The first kappa shape index (κ1) is 56.9. The third-order valence-electron chi connectivity index (χ3n) is 10.0. The van der Waals surface area contributed by atoms with E-state index >= 15 is 0 Å². The lowest BCUT2D eigenvalue weighted by molar-refractivity contribution is 0.377. The molecule has 73 heavy (non-hydrogen) atoms. The third kappa shape index (κ3) is 14.1. The van der Waals surface area contributed by atoms with Crippen molar-refractivity contribution in [2.75, 3.05) is 7.11 Å². The van der Waals surface area contributed by atoms with Gasteiger partial charge in [0, 0.05) is 24.2 Å². The summed E-state index contributed by atoms with van der Waals surface area (Å²) in [5.41, 5.74) is -4.76. The molecule has 4 heterocycles. The zero-order chi connectivity index (χ0) is 53.5. The number of hydrogen-bond donors (Lipinski definition) is 5. The molecule has 382 valence electrons. The first-order valence-corrected chi connectivity index (χ1v) is 27.5. The van der Waals surface area contributed by atoms with Gasteiger partial charge in [0.25, 0.3) is 11.1 Å². The Labute approximate surface area is 456 Å². The van der Waals surface area contributed by atoms with Crippen LogP contribution in [0.5, 0.6) is 34.8 Å². The number of rotatable bonds is 13. The highest BCUT2D eigenvalue weighted by Crippen LogP contribution is 2.40. The summed E-state index contributed by atoms with van der Waals surface area (Å²) in [5.74, 6) is -1.12. The van der Waals surface area contributed by atoms with Crippen molar-refractivity contribution in [2.45, 2.75) is 60.4 Å². The van der Waals surface area contributed by atoms with Gasteiger partial charge in [-0.05, 0) is 49.9 Å². The summed E-state index contributed by atoms with van der Waals surface area (Å²) in [6, 6.07) is 9.95. The summed E-state index contributed by atoms with van der Waals surface area (Å²) in [4.78, 5) is 58.6. The number of methoxy groups -OCH3 is 1. The number of aromatic amines is 2. The van der Waals surface area contributed by atoms with Crippen LogP contribution in [0.25, 0.3) is 11.4 Å². The largest absolute Gasteiger partial charge is 0.505 e. The highest BCUT2D eigenvalue weighted by Gasteiger charge is 2.30. The van der Waals surface area contributed by atoms with Crippen LogP contribution in [0.3, 0.4) is 0 Å². The molecule has 2 aromatic carbocycles. The van der Waals surface area contributed by atoms with E-state index in [0.29, 0.717) is 12.8 Å². The Bertz CT molecular complexity index is 3640. The Morgan fingerprint density at radius 1 is 0.685 bits per heavy atom. The minimum atomic E-state index is -4.03. The molecule has 0 atom stereocenters. The maximum absolute atomic E-state index is 12.8. The number of nitriles is 2. The van der Waals surface area contributed by atoms with E-state index in [1.807, 2.05) is 9.97 Å². The topological polar surface area (TPSA) is 349 Å². The van der Waals surface area contributed by atoms with Crippen LogP contribution in [0.15, 0.2) is 77.8 Å². The summed E-state index contributed by atoms with van der Waals surface area (Å²) >= 11 is 34.4. The maximum Gasteiger partial charge on any atom is 0.369 e. The van der Waals surface area contributed by atoms with E-state index in [1.54, 1.807) is 12.1 Å². The molecule has 0 spiro atoms. The van der Waals surface area contributed by atoms with E-state index in [1.165, 1.54) is 43.6 Å². The van der Waals surface area contributed by atoms with E-state index in [2.05, 4.69) is 76.9 Å². The van der Waals surface area contributed by atoms with Gasteiger partial charge in [-0.2, -0.15) is 19.9 Å². The van der Waals surface area contributed by atoms with Crippen molar-refractivity contribution >= 4 is 117 Å². The molecule has 6 aromatic rings. The van der Waals surface area contributed by atoms with Gasteiger partial charge < -0.3 is 19.3 Å². The van der Waals surface area contributed by atoms with Crippen molar-refractivity contribution < 1.29 is 36.2 Å². The van der Waals surface area contributed by atoms with Crippen LogP contribution in [-0.2, 0) is 20.0 Å². The average Bonchev–Trinajstić information content (AvgIpc) is 3.29. The van der Waals surface area contributed by atoms with E-state index in [4.69, 9.17) is 71.1 Å². The minimum absolute atomic E-state index is 0.0201. The van der Waals surface area contributed by atoms with Crippen molar-refractivity contribution in [3.63, 3.8) is 0 Å². The number of aromatic hydroxyl groups is 1. The fraction of sp³-hybridized carbons (Fsp3) is 0.231. The van der Waals surface area contributed by atoms with Gasteiger partial charge in [0.1, 0.15) is 21.9 Å². The van der Waals surface area contributed by atoms with Crippen LogP contribution < -0.4 is 46.2 Å². The Morgan fingerprint density at radius 3 is 1.41 bits per heavy atom. The summed E-state index contributed by atoms with van der Waals surface area (Å²) in [6.07, 6.45) is 6.86. The molecule has 2 saturated carbocycles. The predicted molar refractivity (Wildman–Crippen MR) is 276 cm³/mol. The normalized spacial score (nSPS) is 13.3. The van der Waals surface area contributed by atoms with Crippen LogP contribution in [-0.4, -0.2) is 83.8 Å². The number of pyridine rings is 2. The number of halogens is 7. The second kappa shape index (κ2) is 24.3. The molecule has 0 unspecified atom stereocenters. The molecular weight excluding hydrogens is 1280 g/mol. The van der Waals surface area contributed by atoms with Gasteiger partial charge in [0.05, 0.1) is 51.0 Å². The number of sulfonamides is 2. The lowest BCUT2D eigenvalue weighted by Crippen LogP contribution is -2.39. The van der Waals surface area contributed by atoms with Crippen molar-refractivity contribution in [2.24, 2.45) is 0 Å². The van der Waals surface area contributed by atoms with Gasteiger partial charge in [-0.3, -0.25) is 19.6 Å². The number of benzene rings is 2. The summed E-state index contributed by atoms with van der Waals surface area (Å²) in [5, 5.41) is 34.9. The first-order valence-electron chi connectivity index (χ1n) is 20.3.